The van der Waals surface area contributed by atoms with Crippen LogP contribution in [-0.2, 0) is 14.8 Å². The average molecular weight is 472 g/mol. The van der Waals surface area contributed by atoms with Crippen molar-refractivity contribution in [2.75, 3.05) is 10.0 Å². The van der Waals surface area contributed by atoms with Gasteiger partial charge in [0.15, 0.2) is 5.76 Å². The van der Waals surface area contributed by atoms with Crippen LogP contribution in [0.15, 0.2) is 33.0 Å². The maximum Gasteiger partial charge on any atom is 0.271 e. The Balaban J connectivity index is 1.52. The lowest BCUT2D eigenvalue weighted by molar-refractivity contribution is -0.117. The van der Waals surface area contributed by atoms with Gasteiger partial charge in [-0.3, -0.25) is 9.52 Å². The van der Waals surface area contributed by atoms with E-state index < -0.39 is 10.0 Å². The molecule has 4 rings (SSSR count). The van der Waals surface area contributed by atoms with Crippen LogP contribution in [0.1, 0.15) is 45.9 Å². The van der Waals surface area contributed by atoms with Crippen molar-refractivity contribution in [2.45, 2.75) is 44.7 Å². The number of anilines is 2. The summed E-state index contributed by atoms with van der Waals surface area (Å²) in [5.41, 5.74) is 4.60. The molecule has 1 aliphatic rings. The van der Waals surface area contributed by atoms with E-state index in [1.807, 2.05) is 32.9 Å². The number of hydrogen-bond acceptors (Lipinski definition) is 6. The Morgan fingerprint density at radius 3 is 2.44 bits per heavy atom. The second-order valence-electron chi connectivity index (χ2n) is 8.14. The van der Waals surface area contributed by atoms with Crippen molar-refractivity contribution in [2.24, 2.45) is 5.92 Å². The lowest BCUT2D eigenvalue weighted by Crippen LogP contribution is -2.14. The standard InChI is InChI=1S/C23H25N3O4S2/c1-13-11-14(2)21(15(3)12-13)26-32(28,29)20-10-8-18(31-20)7-9-19-22(16(4)25-30-19)24-23(27)17-5-6-17/h7-12,17,26H,5-6H2,1-4H3,(H,24,27)/b9-7+. The summed E-state index contributed by atoms with van der Waals surface area (Å²) in [7, 11) is -3.71. The van der Waals surface area contributed by atoms with E-state index in [9.17, 15) is 13.2 Å². The van der Waals surface area contributed by atoms with Crippen molar-refractivity contribution in [1.29, 1.82) is 0 Å². The van der Waals surface area contributed by atoms with Crippen LogP contribution in [0.25, 0.3) is 12.2 Å². The van der Waals surface area contributed by atoms with Gasteiger partial charge < -0.3 is 9.84 Å². The number of thiophene rings is 1. The van der Waals surface area contributed by atoms with Crippen molar-refractivity contribution < 1.29 is 17.7 Å². The van der Waals surface area contributed by atoms with E-state index in [0.717, 1.165) is 45.7 Å². The fourth-order valence-corrected chi connectivity index (χ4v) is 5.91. The Morgan fingerprint density at radius 1 is 1.09 bits per heavy atom. The maximum atomic E-state index is 12.9. The first-order chi connectivity index (χ1) is 15.1. The van der Waals surface area contributed by atoms with E-state index in [0.29, 0.717) is 22.8 Å². The Kier molecular flexibility index (Phi) is 5.96. The summed E-state index contributed by atoms with van der Waals surface area (Å²) >= 11 is 1.15. The highest BCUT2D eigenvalue weighted by atomic mass is 32.2. The van der Waals surface area contributed by atoms with Gasteiger partial charge in [0, 0.05) is 10.8 Å². The Bertz CT molecular complexity index is 1290. The number of carbonyl (C=O) groups excluding carboxylic acids is 1. The minimum atomic E-state index is -3.71. The molecule has 0 radical (unpaired) electrons. The molecule has 32 heavy (non-hydrogen) atoms. The third-order valence-electron chi connectivity index (χ3n) is 5.26. The summed E-state index contributed by atoms with van der Waals surface area (Å²) in [5.74, 6) is 0.473. The summed E-state index contributed by atoms with van der Waals surface area (Å²) in [4.78, 5) is 12.8. The van der Waals surface area contributed by atoms with Crippen molar-refractivity contribution in [3.8, 4) is 0 Å². The number of nitrogens with one attached hydrogen (secondary N) is 2. The molecule has 1 fully saturated rings. The first kappa shape index (κ1) is 22.3. The molecule has 3 aromatic rings. The van der Waals surface area contributed by atoms with Gasteiger partial charge in [0.25, 0.3) is 10.0 Å². The Morgan fingerprint density at radius 2 is 1.78 bits per heavy atom. The molecule has 0 spiro atoms. The number of rotatable bonds is 7. The highest BCUT2D eigenvalue weighted by molar-refractivity contribution is 7.94. The zero-order valence-electron chi connectivity index (χ0n) is 18.4. The molecule has 2 heterocycles. The summed E-state index contributed by atoms with van der Waals surface area (Å²) in [6.07, 6.45) is 5.25. The molecule has 0 bridgehead atoms. The van der Waals surface area contributed by atoms with Crippen molar-refractivity contribution in [3.63, 3.8) is 0 Å². The number of hydrogen-bond donors (Lipinski definition) is 2. The van der Waals surface area contributed by atoms with Crippen molar-refractivity contribution >= 4 is 50.8 Å². The smallest absolute Gasteiger partial charge is 0.271 e. The minimum Gasteiger partial charge on any atom is -0.354 e. The molecule has 1 aliphatic carbocycles. The first-order valence-electron chi connectivity index (χ1n) is 10.3. The van der Waals surface area contributed by atoms with E-state index in [-0.39, 0.29) is 16.0 Å². The van der Waals surface area contributed by atoms with Crippen LogP contribution < -0.4 is 10.0 Å². The number of nitrogens with zero attached hydrogens (tertiary/aromatic N) is 1. The number of aryl methyl sites for hydroxylation is 4. The Hall–Kier alpha value is -2.91. The van der Waals surface area contributed by atoms with Crippen LogP contribution >= 0.6 is 11.3 Å². The topological polar surface area (TPSA) is 101 Å². The number of aromatic nitrogens is 1. The molecule has 1 amide bonds. The molecule has 2 aromatic heterocycles. The highest BCUT2D eigenvalue weighted by Gasteiger charge is 2.30. The van der Waals surface area contributed by atoms with Gasteiger partial charge in [-0.25, -0.2) is 8.42 Å². The zero-order valence-corrected chi connectivity index (χ0v) is 20.0. The number of amides is 1. The van der Waals surface area contributed by atoms with Gasteiger partial charge >= 0.3 is 0 Å². The molecule has 9 heteroatoms. The van der Waals surface area contributed by atoms with Gasteiger partial charge in [0.2, 0.25) is 5.91 Å². The number of benzene rings is 1. The molecule has 2 N–H and O–H groups in total. The van der Waals surface area contributed by atoms with Crippen LogP contribution in [0.2, 0.25) is 0 Å². The van der Waals surface area contributed by atoms with Gasteiger partial charge in [-0.2, -0.15) is 0 Å². The lowest BCUT2D eigenvalue weighted by atomic mass is 10.1. The second kappa shape index (κ2) is 8.55. The van der Waals surface area contributed by atoms with Gasteiger partial charge in [0.1, 0.15) is 15.6 Å². The normalized spacial score (nSPS) is 14.1. The molecular formula is C23H25N3O4S2. The largest absolute Gasteiger partial charge is 0.354 e. The second-order valence-corrected chi connectivity index (χ2v) is 11.2. The van der Waals surface area contributed by atoms with Crippen LogP contribution in [-0.4, -0.2) is 19.5 Å². The molecule has 0 aliphatic heterocycles. The van der Waals surface area contributed by atoms with Gasteiger partial charge in [-0.15, -0.1) is 11.3 Å². The zero-order chi connectivity index (χ0) is 23.0. The van der Waals surface area contributed by atoms with Gasteiger partial charge in [-0.1, -0.05) is 22.9 Å². The van der Waals surface area contributed by atoms with Crippen LogP contribution in [0, 0.1) is 33.6 Å². The third kappa shape index (κ3) is 4.78. The predicted molar refractivity (Wildman–Crippen MR) is 127 cm³/mol. The number of sulfonamides is 1. The average Bonchev–Trinajstić information content (AvgIpc) is 3.37. The van der Waals surface area contributed by atoms with E-state index in [2.05, 4.69) is 15.2 Å². The van der Waals surface area contributed by atoms with Crippen LogP contribution in [0.4, 0.5) is 11.4 Å². The summed E-state index contributed by atoms with van der Waals surface area (Å²) < 4.78 is 34.1. The van der Waals surface area contributed by atoms with Crippen molar-refractivity contribution in [3.05, 3.63) is 57.3 Å². The molecule has 168 valence electrons. The summed E-state index contributed by atoms with van der Waals surface area (Å²) in [6.45, 7) is 7.52. The maximum absolute atomic E-state index is 12.9. The van der Waals surface area contributed by atoms with Gasteiger partial charge in [0.05, 0.1) is 5.69 Å². The molecule has 1 aromatic carbocycles. The third-order valence-corrected chi connectivity index (χ3v) is 8.16. The molecule has 7 nitrogen and oxygen atoms in total. The van der Waals surface area contributed by atoms with Crippen LogP contribution in [0.5, 0.6) is 0 Å². The summed E-state index contributed by atoms with van der Waals surface area (Å²) in [5, 5.41) is 6.81. The lowest BCUT2D eigenvalue weighted by Gasteiger charge is -2.13. The quantitative estimate of drug-likeness (QED) is 0.488. The first-order valence-corrected chi connectivity index (χ1v) is 12.6. The van der Waals surface area contributed by atoms with E-state index in [1.54, 1.807) is 31.2 Å². The SMILES string of the molecule is Cc1cc(C)c(NS(=O)(=O)c2ccc(/C=C/c3onc(C)c3NC(=O)C3CC3)s2)c(C)c1. The highest BCUT2D eigenvalue weighted by Crippen LogP contribution is 2.33. The number of carbonyl (C=O) groups is 1. The molecular weight excluding hydrogens is 446 g/mol. The monoisotopic (exact) mass is 471 g/mol. The van der Waals surface area contributed by atoms with Crippen molar-refractivity contribution in [1.82, 2.24) is 5.16 Å². The van der Waals surface area contributed by atoms with Crippen LogP contribution in [0.3, 0.4) is 0 Å². The molecule has 0 unspecified atom stereocenters. The van der Waals surface area contributed by atoms with E-state index in [4.69, 9.17) is 4.52 Å². The molecule has 0 saturated heterocycles. The Labute approximate surface area is 191 Å². The van der Waals surface area contributed by atoms with Gasteiger partial charge in [-0.05, 0) is 75.9 Å². The predicted octanol–water partition coefficient (Wildman–Crippen LogP) is 5.29. The molecule has 1 saturated carbocycles. The van der Waals surface area contributed by atoms with E-state index >= 15 is 0 Å². The van der Waals surface area contributed by atoms with E-state index in [1.165, 1.54) is 0 Å². The minimum absolute atomic E-state index is 0.0248. The fraction of sp³-hybridized carbons (Fsp3) is 0.304. The summed E-state index contributed by atoms with van der Waals surface area (Å²) in [6, 6.07) is 7.21. The molecule has 0 atom stereocenters. The fourth-order valence-electron chi connectivity index (χ4n) is 3.48.